The molecule has 0 bridgehead atoms. The Morgan fingerprint density at radius 1 is 1.05 bits per heavy atom. The van der Waals surface area contributed by atoms with E-state index < -0.39 is 6.10 Å². The molecule has 1 aromatic carbocycles. The third-order valence-corrected chi connectivity index (χ3v) is 3.03. The molecule has 0 aliphatic rings. The summed E-state index contributed by atoms with van der Waals surface area (Å²) in [5, 5.41) is 5.32. The number of nitrogens with one attached hydrogen (secondary N) is 2. The molecule has 5 heteroatoms. The summed E-state index contributed by atoms with van der Waals surface area (Å²) >= 11 is 0. The minimum absolute atomic E-state index is 0.112. The van der Waals surface area contributed by atoms with Crippen LogP contribution in [-0.2, 0) is 9.59 Å². The zero-order chi connectivity index (χ0) is 15.8. The molecule has 0 fully saturated rings. The number of rotatable bonds is 7. The van der Waals surface area contributed by atoms with E-state index in [1.807, 2.05) is 24.3 Å². The molecule has 0 aliphatic heterocycles. The molecule has 0 aliphatic carbocycles. The number of hydrogen-bond acceptors (Lipinski definition) is 3. The first-order valence-electron chi connectivity index (χ1n) is 7.19. The van der Waals surface area contributed by atoms with Crippen LogP contribution in [0.4, 0.5) is 0 Å². The van der Waals surface area contributed by atoms with Crippen molar-refractivity contribution in [3.05, 3.63) is 29.8 Å². The maximum Gasteiger partial charge on any atom is 0.260 e. The van der Waals surface area contributed by atoms with E-state index >= 15 is 0 Å². The molecule has 0 heterocycles. The van der Waals surface area contributed by atoms with E-state index in [0.717, 1.165) is 0 Å². The number of benzene rings is 1. The smallest absolute Gasteiger partial charge is 0.260 e. The van der Waals surface area contributed by atoms with Crippen molar-refractivity contribution in [3.8, 4) is 5.75 Å². The Labute approximate surface area is 126 Å². The standard InChI is InChI=1S/C16H24N2O3/c1-11(2)14-5-7-15(8-6-14)21-12(3)16(20)18-10-9-17-13(4)19/h5-8,11-12H,9-10H2,1-4H3,(H,17,19)(H,18,20). The lowest BCUT2D eigenvalue weighted by atomic mass is 10.0. The van der Waals surface area contributed by atoms with Crippen molar-refractivity contribution in [1.82, 2.24) is 10.6 Å². The summed E-state index contributed by atoms with van der Waals surface area (Å²) in [6.45, 7) is 8.19. The maximum atomic E-state index is 11.8. The molecule has 0 saturated carbocycles. The van der Waals surface area contributed by atoms with Gasteiger partial charge in [0, 0.05) is 20.0 Å². The van der Waals surface area contributed by atoms with Crippen LogP contribution in [0.3, 0.4) is 0 Å². The van der Waals surface area contributed by atoms with Crippen LogP contribution in [0, 0.1) is 0 Å². The van der Waals surface area contributed by atoms with Crippen molar-refractivity contribution in [1.29, 1.82) is 0 Å². The monoisotopic (exact) mass is 292 g/mol. The molecule has 0 aromatic heterocycles. The van der Waals surface area contributed by atoms with Gasteiger partial charge in [0.1, 0.15) is 5.75 Å². The summed E-state index contributed by atoms with van der Waals surface area (Å²) in [6.07, 6.45) is -0.577. The molecule has 1 aromatic rings. The molecule has 1 unspecified atom stereocenters. The summed E-state index contributed by atoms with van der Waals surface area (Å²) in [6, 6.07) is 7.75. The lowest BCUT2D eigenvalue weighted by Crippen LogP contribution is -2.40. The fraction of sp³-hybridized carbons (Fsp3) is 0.500. The van der Waals surface area contributed by atoms with E-state index in [1.54, 1.807) is 6.92 Å². The summed E-state index contributed by atoms with van der Waals surface area (Å²) < 4.78 is 5.59. The minimum Gasteiger partial charge on any atom is -0.481 e. The molecule has 0 radical (unpaired) electrons. The fourth-order valence-corrected chi connectivity index (χ4v) is 1.76. The molecule has 0 spiro atoms. The van der Waals surface area contributed by atoms with E-state index in [9.17, 15) is 9.59 Å². The molecule has 1 atom stereocenters. The SMILES string of the molecule is CC(=O)NCCNC(=O)C(C)Oc1ccc(C(C)C)cc1. The van der Waals surface area contributed by atoms with Crippen molar-refractivity contribution in [2.45, 2.75) is 39.7 Å². The molecule has 116 valence electrons. The fourth-order valence-electron chi connectivity index (χ4n) is 1.76. The maximum absolute atomic E-state index is 11.8. The Morgan fingerprint density at radius 3 is 2.14 bits per heavy atom. The van der Waals surface area contributed by atoms with Gasteiger partial charge >= 0.3 is 0 Å². The van der Waals surface area contributed by atoms with Crippen LogP contribution in [0.1, 0.15) is 39.2 Å². The van der Waals surface area contributed by atoms with E-state index in [0.29, 0.717) is 24.8 Å². The molecule has 0 saturated heterocycles. The zero-order valence-corrected chi connectivity index (χ0v) is 13.1. The highest BCUT2D eigenvalue weighted by Gasteiger charge is 2.14. The predicted molar refractivity (Wildman–Crippen MR) is 82.3 cm³/mol. The summed E-state index contributed by atoms with van der Waals surface area (Å²) in [5.74, 6) is 0.824. The molecule has 21 heavy (non-hydrogen) atoms. The highest BCUT2D eigenvalue weighted by atomic mass is 16.5. The average Bonchev–Trinajstić information content (AvgIpc) is 2.43. The van der Waals surface area contributed by atoms with Crippen LogP contribution in [0.25, 0.3) is 0 Å². The van der Waals surface area contributed by atoms with Crippen LogP contribution in [0.5, 0.6) is 5.75 Å². The zero-order valence-electron chi connectivity index (χ0n) is 13.1. The van der Waals surface area contributed by atoms with Gasteiger partial charge in [-0.2, -0.15) is 0 Å². The Morgan fingerprint density at radius 2 is 1.62 bits per heavy atom. The van der Waals surface area contributed by atoms with Gasteiger partial charge < -0.3 is 15.4 Å². The Hall–Kier alpha value is -2.04. The lowest BCUT2D eigenvalue weighted by molar-refractivity contribution is -0.127. The third kappa shape index (κ3) is 6.29. The van der Waals surface area contributed by atoms with Gasteiger partial charge in [-0.25, -0.2) is 0 Å². The number of carbonyl (C=O) groups excluding carboxylic acids is 2. The van der Waals surface area contributed by atoms with Crippen molar-refractivity contribution in [3.63, 3.8) is 0 Å². The van der Waals surface area contributed by atoms with Crippen molar-refractivity contribution >= 4 is 11.8 Å². The predicted octanol–water partition coefficient (Wildman–Crippen LogP) is 1.83. The highest BCUT2D eigenvalue weighted by Crippen LogP contribution is 2.19. The van der Waals surface area contributed by atoms with Crippen LogP contribution >= 0.6 is 0 Å². The molecular formula is C16H24N2O3. The van der Waals surface area contributed by atoms with Gasteiger partial charge in [-0.3, -0.25) is 9.59 Å². The topological polar surface area (TPSA) is 67.4 Å². The van der Waals surface area contributed by atoms with Gasteiger partial charge in [-0.15, -0.1) is 0 Å². The summed E-state index contributed by atoms with van der Waals surface area (Å²) in [5.41, 5.74) is 1.23. The van der Waals surface area contributed by atoms with Gasteiger partial charge in [-0.05, 0) is 30.5 Å². The second-order valence-corrected chi connectivity index (χ2v) is 5.26. The van der Waals surface area contributed by atoms with Gasteiger partial charge in [-0.1, -0.05) is 26.0 Å². The molecule has 1 rings (SSSR count). The van der Waals surface area contributed by atoms with Crippen LogP contribution in [0.15, 0.2) is 24.3 Å². The Bertz CT molecular complexity index is 469. The summed E-state index contributed by atoms with van der Waals surface area (Å²) in [4.78, 5) is 22.5. The average molecular weight is 292 g/mol. The van der Waals surface area contributed by atoms with E-state index in [1.165, 1.54) is 12.5 Å². The third-order valence-electron chi connectivity index (χ3n) is 3.03. The second kappa shape index (κ2) is 8.29. The van der Waals surface area contributed by atoms with E-state index in [-0.39, 0.29) is 11.8 Å². The molecular weight excluding hydrogens is 268 g/mol. The number of carbonyl (C=O) groups is 2. The Balaban J connectivity index is 2.39. The van der Waals surface area contributed by atoms with E-state index in [4.69, 9.17) is 4.74 Å². The van der Waals surface area contributed by atoms with E-state index in [2.05, 4.69) is 24.5 Å². The van der Waals surface area contributed by atoms with Gasteiger partial charge in [0.2, 0.25) is 5.91 Å². The van der Waals surface area contributed by atoms with Gasteiger partial charge in [0.05, 0.1) is 0 Å². The molecule has 2 N–H and O–H groups in total. The first-order valence-corrected chi connectivity index (χ1v) is 7.19. The minimum atomic E-state index is -0.577. The first-order chi connectivity index (χ1) is 9.90. The van der Waals surface area contributed by atoms with Crippen molar-refractivity contribution in [2.24, 2.45) is 0 Å². The number of hydrogen-bond donors (Lipinski definition) is 2. The normalized spacial score (nSPS) is 11.9. The van der Waals surface area contributed by atoms with Crippen LogP contribution in [0.2, 0.25) is 0 Å². The number of ether oxygens (including phenoxy) is 1. The first kappa shape index (κ1) is 17.0. The molecule has 2 amide bonds. The second-order valence-electron chi connectivity index (χ2n) is 5.26. The number of amides is 2. The highest BCUT2D eigenvalue weighted by molar-refractivity contribution is 5.80. The quantitative estimate of drug-likeness (QED) is 0.753. The van der Waals surface area contributed by atoms with Gasteiger partial charge in [0.25, 0.3) is 5.91 Å². The van der Waals surface area contributed by atoms with Crippen LogP contribution < -0.4 is 15.4 Å². The largest absolute Gasteiger partial charge is 0.481 e. The Kier molecular flexibility index (Phi) is 6.72. The summed E-state index contributed by atoms with van der Waals surface area (Å²) in [7, 11) is 0. The lowest BCUT2D eigenvalue weighted by Gasteiger charge is -2.15. The van der Waals surface area contributed by atoms with Gasteiger partial charge in [0.15, 0.2) is 6.10 Å². The molecule has 5 nitrogen and oxygen atoms in total. The van der Waals surface area contributed by atoms with Crippen molar-refractivity contribution in [2.75, 3.05) is 13.1 Å². The van der Waals surface area contributed by atoms with Crippen molar-refractivity contribution < 1.29 is 14.3 Å². The van der Waals surface area contributed by atoms with Crippen LogP contribution in [-0.4, -0.2) is 31.0 Å².